The predicted octanol–water partition coefficient (Wildman–Crippen LogP) is 3.24. The largest absolute Gasteiger partial charge is 0.496 e. The van der Waals surface area contributed by atoms with E-state index in [1.165, 1.54) is 36.0 Å². The van der Waals surface area contributed by atoms with E-state index in [1.807, 2.05) is 11.7 Å². The summed E-state index contributed by atoms with van der Waals surface area (Å²) in [6, 6.07) is 4.65. The smallest absolute Gasteiger partial charge is 0.176 e. The second-order valence-corrected chi connectivity index (χ2v) is 8.07. The van der Waals surface area contributed by atoms with Crippen molar-refractivity contribution in [2.45, 2.75) is 44.6 Å². The molecule has 1 saturated heterocycles. The molecule has 6 nitrogen and oxygen atoms in total. The fourth-order valence-electron chi connectivity index (χ4n) is 4.85. The highest BCUT2D eigenvalue weighted by Gasteiger charge is 2.26. The van der Waals surface area contributed by atoms with Gasteiger partial charge in [0, 0.05) is 37.5 Å². The van der Waals surface area contributed by atoms with Crippen molar-refractivity contribution in [3.63, 3.8) is 0 Å². The Kier molecular flexibility index (Phi) is 4.51. The molecule has 1 aliphatic carbocycles. The number of fused-ring (bicyclic) bond motifs is 2. The minimum Gasteiger partial charge on any atom is -0.496 e. The maximum Gasteiger partial charge on any atom is 0.176 e. The van der Waals surface area contributed by atoms with Crippen molar-refractivity contribution in [1.82, 2.24) is 24.6 Å². The molecule has 0 radical (unpaired) electrons. The van der Waals surface area contributed by atoms with E-state index in [9.17, 15) is 0 Å². The van der Waals surface area contributed by atoms with Gasteiger partial charge < -0.3 is 4.74 Å². The summed E-state index contributed by atoms with van der Waals surface area (Å²) in [5.74, 6) is 1.51. The van der Waals surface area contributed by atoms with Crippen molar-refractivity contribution in [2.24, 2.45) is 7.05 Å². The Morgan fingerprint density at radius 2 is 1.82 bits per heavy atom. The van der Waals surface area contributed by atoms with Crippen LogP contribution in [0.2, 0.25) is 0 Å². The monoisotopic (exact) mass is 377 g/mol. The van der Waals surface area contributed by atoms with E-state index < -0.39 is 0 Å². The molecule has 6 heteroatoms. The quantitative estimate of drug-likeness (QED) is 0.699. The minimum absolute atomic E-state index is 0.457. The van der Waals surface area contributed by atoms with E-state index in [-0.39, 0.29) is 0 Å². The highest BCUT2D eigenvalue weighted by Crippen LogP contribution is 2.34. The van der Waals surface area contributed by atoms with Crippen molar-refractivity contribution in [3.05, 3.63) is 46.9 Å². The molecule has 1 aliphatic heterocycles. The van der Waals surface area contributed by atoms with Crippen LogP contribution in [0, 0.1) is 0 Å². The first-order valence-electron chi connectivity index (χ1n) is 10.3. The molecule has 1 aromatic carbocycles. The lowest BCUT2D eigenvalue weighted by molar-refractivity contribution is 0.201. The van der Waals surface area contributed by atoms with E-state index in [2.05, 4.69) is 27.0 Å². The van der Waals surface area contributed by atoms with E-state index in [0.717, 1.165) is 55.1 Å². The van der Waals surface area contributed by atoms with Crippen molar-refractivity contribution < 1.29 is 4.74 Å². The van der Waals surface area contributed by atoms with Gasteiger partial charge in [0.15, 0.2) is 5.65 Å². The molecule has 2 aromatic heterocycles. The Morgan fingerprint density at radius 3 is 2.61 bits per heavy atom. The van der Waals surface area contributed by atoms with E-state index in [1.54, 1.807) is 19.5 Å². The van der Waals surface area contributed by atoms with Crippen LogP contribution in [0.1, 0.15) is 47.6 Å². The van der Waals surface area contributed by atoms with Gasteiger partial charge in [0.05, 0.1) is 12.8 Å². The Hall–Kier alpha value is -2.47. The van der Waals surface area contributed by atoms with Crippen LogP contribution in [0.4, 0.5) is 0 Å². The fourth-order valence-corrected chi connectivity index (χ4v) is 4.85. The third kappa shape index (κ3) is 3.05. The SMILES string of the molecule is COc1cc2c(cc1CN1CCC(c3nn(C)c4nccnc34)CC1)CCC2. The van der Waals surface area contributed by atoms with Gasteiger partial charge in [0.2, 0.25) is 0 Å². The summed E-state index contributed by atoms with van der Waals surface area (Å²) < 4.78 is 7.56. The van der Waals surface area contributed by atoms with Crippen LogP contribution >= 0.6 is 0 Å². The molecule has 0 unspecified atom stereocenters. The normalized spacial score (nSPS) is 17.9. The summed E-state index contributed by atoms with van der Waals surface area (Å²) in [7, 11) is 3.75. The lowest BCUT2D eigenvalue weighted by Crippen LogP contribution is -2.32. The lowest BCUT2D eigenvalue weighted by Gasteiger charge is -2.31. The van der Waals surface area contributed by atoms with Crippen molar-refractivity contribution in [3.8, 4) is 5.75 Å². The van der Waals surface area contributed by atoms with Crippen molar-refractivity contribution in [1.29, 1.82) is 0 Å². The third-order valence-corrected chi connectivity index (χ3v) is 6.35. The van der Waals surface area contributed by atoms with Gasteiger partial charge in [-0.1, -0.05) is 6.07 Å². The number of benzene rings is 1. The van der Waals surface area contributed by atoms with Gasteiger partial charge in [-0.15, -0.1) is 0 Å². The molecule has 28 heavy (non-hydrogen) atoms. The topological polar surface area (TPSA) is 56.1 Å². The number of nitrogens with zero attached hydrogens (tertiary/aromatic N) is 5. The average molecular weight is 377 g/mol. The summed E-state index contributed by atoms with van der Waals surface area (Å²) in [4.78, 5) is 11.5. The average Bonchev–Trinajstić information content (AvgIpc) is 3.32. The third-order valence-electron chi connectivity index (χ3n) is 6.35. The van der Waals surface area contributed by atoms with Crippen LogP contribution in [0.5, 0.6) is 5.75 Å². The van der Waals surface area contributed by atoms with Gasteiger partial charge in [0.1, 0.15) is 11.3 Å². The summed E-state index contributed by atoms with van der Waals surface area (Å²) in [6.45, 7) is 3.11. The molecule has 1 fully saturated rings. The predicted molar refractivity (Wildman–Crippen MR) is 109 cm³/mol. The van der Waals surface area contributed by atoms with Gasteiger partial charge in [-0.25, -0.2) is 14.6 Å². The first-order chi connectivity index (χ1) is 13.7. The first-order valence-corrected chi connectivity index (χ1v) is 10.3. The molecular formula is C22H27N5O. The molecule has 146 valence electrons. The number of hydrogen-bond donors (Lipinski definition) is 0. The van der Waals surface area contributed by atoms with Gasteiger partial charge in [0.25, 0.3) is 0 Å². The molecule has 0 amide bonds. The number of rotatable bonds is 4. The Balaban J connectivity index is 1.30. The summed E-state index contributed by atoms with van der Waals surface area (Å²) in [5, 5.41) is 4.74. The summed E-state index contributed by atoms with van der Waals surface area (Å²) in [6.07, 6.45) is 9.39. The number of hydrogen-bond acceptors (Lipinski definition) is 5. The van der Waals surface area contributed by atoms with Crippen molar-refractivity contribution >= 4 is 11.2 Å². The van der Waals surface area contributed by atoms with E-state index >= 15 is 0 Å². The second-order valence-electron chi connectivity index (χ2n) is 8.07. The van der Waals surface area contributed by atoms with Gasteiger partial charge in [-0.2, -0.15) is 5.10 Å². The molecule has 5 rings (SSSR count). The number of methoxy groups -OCH3 is 1. The molecule has 0 bridgehead atoms. The van der Waals surface area contributed by atoms with Crippen LogP contribution in [-0.2, 0) is 26.4 Å². The Bertz CT molecular complexity index is 1000. The summed E-state index contributed by atoms with van der Waals surface area (Å²) in [5.41, 5.74) is 7.27. The number of likely N-dealkylation sites (tertiary alicyclic amines) is 1. The molecular weight excluding hydrogens is 350 g/mol. The second kappa shape index (κ2) is 7.17. The highest BCUT2D eigenvalue weighted by molar-refractivity contribution is 5.73. The first kappa shape index (κ1) is 17.6. The molecule has 0 N–H and O–H groups in total. The van der Waals surface area contributed by atoms with Gasteiger partial charge in [-0.3, -0.25) is 4.90 Å². The molecule has 0 spiro atoms. The number of aryl methyl sites for hydroxylation is 3. The van der Waals surface area contributed by atoms with Crippen LogP contribution in [-0.4, -0.2) is 44.8 Å². The molecule has 0 atom stereocenters. The van der Waals surface area contributed by atoms with Crippen LogP contribution in [0.15, 0.2) is 24.5 Å². The maximum atomic E-state index is 5.70. The highest BCUT2D eigenvalue weighted by atomic mass is 16.5. The van der Waals surface area contributed by atoms with E-state index in [0.29, 0.717) is 5.92 Å². The zero-order valence-electron chi connectivity index (χ0n) is 16.7. The van der Waals surface area contributed by atoms with Crippen molar-refractivity contribution in [2.75, 3.05) is 20.2 Å². The number of ether oxygens (including phenoxy) is 1. The number of aromatic nitrogens is 4. The Labute approximate surface area is 165 Å². The zero-order chi connectivity index (χ0) is 19.1. The number of piperidine rings is 1. The maximum absolute atomic E-state index is 5.70. The Morgan fingerprint density at radius 1 is 1.07 bits per heavy atom. The molecule has 3 aromatic rings. The lowest BCUT2D eigenvalue weighted by atomic mass is 9.92. The zero-order valence-corrected chi connectivity index (χ0v) is 16.7. The van der Waals surface area contributed by atoms with Crippen LogP contribution < -0.4 is 4.74 Å². The van der Waals surface area contributed by atoms with Crippen LogP contribution in [0.3, 0.4) is 0 Å². The molecule has 0 saturated carbocycles. The van der Waals surface area contributed by atoms with Gasteiger partial charge in [-0.05, 0) is 62.4 Å². The van der Waals surface area contributed by atoms with Gasteiger partial charge >= 0.3 is 0 Å². The van der Waals surface area contributed by atoms with E-state index in [4.69, 9.17) is 9.84 Å². The molecule has 3 heterocycles. The standard InChI is InChI=1S/C22H27N5O/c1-26-22-21(23-8-9-24-22)20(25-26)15-6-10-27(11-7-15)14-18-12-16-4-3-5-17(16)13-19(18)28-2/h8-9,12-13,15H,3-7,10-11,14H2,1-2H3. The fraction of sp³-hybridized carbons (Fsp3) is 0.500. The van der Waals surface area contributed by atoms with Crippen LogP contribution in [0.25, 0.3) is 11.2 Å². The minimum atomic E-state index is 0.457. The summed E-state index contributed by atoms with van der Waals surface area (Å²) >= 11 is 0. The molecule has 2 aliphatic rings.